The molecule has 1 saturated carbocycles. The first-order valence-corrected chi connectivity index (χ1v) is 8.24. The normalized spacial score (nSPS) is 27.9. The van der Waals surface area contributed by atoms with Crippen LogP contribution >= 0.6 is 0 Å². The predicted octanol–water partition coefficient (Wildman–Crippen LogP) is 2.76. The van der Waals surface area contributed by atoms with Gasteiger partial charge in [0, 0.05) is 31.6 Å². The van der Waals surface area contributed by atoms with Crippen LogP contribution in [0.2, 0.25) is 0 Å². The fraction of sp³-hybridized carbons (Fsp3) is 0.421. The summed E-state index contributed by atoms with van der Waals surface area (Å²) < 4.78 is 0. The lowest BCUT2D eigenvalue weighted by Gasteiger charge is -2.34. The molecule has 1 saturated heterocycles. The van der Waals surface area contributed by atoms with Crippen LogP contribution in [0.3, 0.4) is 0 Å². The van der Waals surface area contributed by atoms with Crippen molar-refractivity contribution in [2.75, 3.05) is 19.6 Å². The van der Waals surface area contributed by atoms with Gasteiger partial charge in [-0.05, 0) is 35.6 Å². The number of carbonyl (C=O) groups is 1. The smallest absolute Gasteiger partial charge is 0.226 e. The second-order valence-corrected chi connectivity index (χ2v) is 6.60. The quantitative estimate of drug-likeness (QED) is 0.923. The number of amides is 1. The first-order chi connectivity index (χ1) is 10.8. The molecule has 3 atom stereocenters. The van der Waals surface area contributed by atoms with Crippen LogP contribution in [0.5, 0.6) is 0 Å². The second kappa shape index (κ2) is 5.40. The summed E-state index contributed by atoms with van der Waals surface area (Å²) in [7, 11) is 0. The summed E-state index contributed by atoms with van der Waals surface area (Å²) in [4.78, 5) is 14.9. The van der Waals surface area contributed by atoms with Gasteiger partial charge in [0.05, 0.1) is 0 Å². The minimum Gasteiger partial charge on any atom is -0.337 e. The zero-order chi connectivity index (χ0) is 15.1. The highest BCUT2D eigenvalue weighted by molar-refractivity contribution is 5.89. The van der Waals surface area contributed by atoms with Crippen molar-refractivity contribution >= 4 is 16.7 Å². The number of nitrogens with one attached hydrogen (secondary N) is 1. The van der Waals surface area contributed by atoms with Gasteiger partial charge >= 0.3 is 0 Å². The van der Waals surface area contributed by atoms with Gasteiger partial charge in [-0.3, -0.25) is 4.79 Å². The predicted molar refractivity (Wildman–Crippen MR) is 88.8 cm³/mol. The molecule has 1 aliphatic carbocycles. The van der Waals surface area contributed by atoms with Gasteiger partial charge in [0.1, 0.15) is 0 Å². The first-order valence-electron chi connectivity index (χ1n) is 8.24. The van der Waals surface area contributed by atoms with Crippen LogP contribution in [0.1, 0.15) is 24.8 Å². The summed E-state index contributed by atoms with van der Waals surface area (Å²) in [5, 5.41) is 5.93. The zero-order valence-corrected chi connectivity index (χ0v) is 13.0. The molecular formula is C19H22N2O. The van der Waals surface area contributed by atoms with E-state index in [0.717, 1.165) is 26.1 Å². The molecule has 1 aliphatic heterocycles. The number of nitrogens with zero attached hydrogens (tertiary/aromatic N) is 1. The third kappa shape index (κ3) is 2.30. The van der Waals surface area contributed by atoms with E-state index in [-0.39, 0.29) is 5.92 Å². The van der Waals surface area contributed by atoms with Gasteiger partial charge in [0.15, 0.2) is 0 Å². The number of hydrogen-bond acceptors (Lipinski definition) is 2. The van der Waals surface area contributed by atoms with Crippen molar-refractivity contribution in [1.29, 1.82) is 0 Å². The van der Waals surface area contributed by atoms with Crippen molar-refractivity contribution in [3.8, 4) is 0 Å². The van der Waals surface area contributed by atoms with Crippen molar-refractivity contribution in [1.82, 2.24) is 10.2 Å². The van der Waals surface area contributed by atoms with Crippen molar-refractivity contribution in [3.63, 3.8) is 0 Å². The molecule has 2 unspecified atom stereocenters. The summed E-state index contributed by atoms with van der Waals surface area (Å²) in [5.41, 5.74) is 1.35. The third-order valence-corrected chi connectivity index (χ3v) is 5.11. The molecule has 0 radical (unpaired) electrons. The van der Waals surface area contributed by atoms with E-state index in [1.165, 1.54) is 16.3 Å². The zero-order valence-electron chi connectivity index (χ0n) is 13.0. The van der Waals surface area contributed by atoms with E-state index in [1.54, 1.807) is 0 Å². The van der Waals surface area contributed by atoms with Crippen LogP contribution in [0.25, 0.3) is 10.8 Å². The number of piperazine rings is 1. The van der Waals surface area contributed by atoms with Crippen molar-refractivity contribution in [3.05, 3.63) is 48.0 Å². The fourth-order valence-corrected chi connectivity index (χ4v) is 3.77. The molecule has 1 amide bonds. The molecule has 0 bridgehead atoms. The number of hydrogen-bond donors (Lipinski definition) is 1. The molecule has 2 aromatic carbocycles. The SMILES string of the molecule is C[C@H]1CNCCN1C(=O)C1CC1c1cccc2ccccc12. The van der Waals surface area contributed by atoms with Gasteiger partial charge in [0.25, 0.3) is 0 Å². The lowest BCUT2D eigenvalue weighted by molar-refractivity contribution is -0.135. The summed E-state index contributed by atoms with van der Waals surface area (Å²) in [6.07, 6.45) is 1.00. The molecule has 2 aromatic rings. The second-order valence-electron chi connectivity index (χ2n) is 6.60. The monoisotopic (exact) mass is 294 g/mol. The van der Waals surface area contributed by atoms with E-state index in [0.29, 0.717) is 17.9 Å². The summed E-state index contributed by atoms with van der Waals surface area (Å²) in [5.74, 6) is 0.943. The Bertz CT molecular complexity index is 706. The molecule has 1 heterocycles. The molecule has 2 fully saturated rings. The molecule has 4 rings (SSSR count). The Kier molecular flexibility index (Phi) is 3.38. The van der Waals surface area contributed by atoms with E-state index in [2.05, 4.69) is 59.6 Å². The first kappa shape index (κ1) is 13.8. The number of carbonyl (C=O) groups excluding carboxylic acids is 1. The molecule has 2 aliphatic rings. The summed E-state index contributed by atoms with van der Waals surface area (Å²) in [6.45, 7) is 4.82. The Morgan fingerprint density at radius 1 is 1.18 bits per heavy atom. The van der Waals surface area contributed by atoms with Crippen LogP contribution in [-0.4, -0.2) is 36.5 Å². The van der Waals surface area contributed by atoms with E-state index in [4.69, 9.17) is 0 Å². The summed E-state index contributed by atoms with van der Waals surface area (Å²) >= 11 is 0. The van der Waals surface area contributed by atoms with Crippen LogP contribution < -0.4 is 5.32 Å². The van der Waals surface area contributed by atoms with Gasteiger partial charge in [0.2, 0.25) is 5.91 Å². The van der Waals surface area contributed by atoms with Crippen LogP contribution in [0.4, 0.5) is 0 Å². The standard InChI is InChI=1S/C19H22N2O/c1-13-12-20-9-10-21(13)19(22)18-11-17(18)16-8-4-6-14-5-2-3-7-15(14)16/h2-8,13,17-18,20H,9-12H2,1H3/t13-,17?,18?/m0/s1. The number of rotatable bonds is 2. The highest BCUT2D eigenvalue weighted by Gasteiger charge is 2.47. The maximum absolute atomic E-state index is 12.8. The maximum Gasteiger partial charge on any atom is 0.226 e. The Morgan fingerprint density at radius 3 is 2.86 bits per heavy atom. The van der Waals surface area contributed by atoms with Gasteiger partial charge < -0.3 is 10.2 Å². The van der Waals surface area contributed by atoms with Crippen molar-refractivity contribution in [2.45, 2.75) is 25.3 Å². The highest BCUT2D eigenvalue weighted by atomic mass is 16.2. The minimum atomic E-state index is 0.186. The van der Waals surface area contributed by atoms with E-state index in [9.17, 15) is 4.79 Å². The van der Waals surface area contributed by atoms with E-state index >= 15 is 0 Å². The topological polar surface area (TPSA) is 32.3 Å². The van der Waals surface area contributed by atoms with Gasteiger partial charge in [-0.2, -0.15) is 0 Å². The lowest BCUT2D eigenvalue weighted by atomic mass is 10.00. The number of fused-ring (bicyclic) bond motifs is 1. The molecule has 114 valence electrons. The largest absolute Gasteiger partial charge is 0.337 e. The van der Waals surface area contributed by atoms with Crippen molar-refractivity contribution < 1.29 is 4.79 Å². The van der Waals surface area contributed by atoms with Gasteiger partial charge in [-0.1, -0.05) is 42.5 Å². The van der Waals surface area contributed by atoms with Crippen LogP contribution in [0.15, 0.2) is 42.5 Å². The lowest BCUT2D eigenvalue weighted by Crippen LogP contribution is -2.52. The number of benzene rings is 2. The van der Waals surface area contributed by atoms with E-state index < -0.39 is 0 Å². The fourth-order valence-electron chi connectivity index (χ4n) is 3.77. The maximum atomic E-state index is 12.8. The minimum absolute atomic E-state index is 0.186. The Hall–Kier alpha value is -1.87. The highest BCUT2D eigenvalue weighted by Crippen LogP contribution is 2.50. The van der Waals surface area contributed by atoms with Crippen molar-refractivity contribution in [2.24, 2.45) is 5.92 Å². The molecule has 0 spiro atoms. The molecule has 22 heavy (non-hydrogen) atoms. The average molecular weight is 294 g/mol. The van der Waals surface area contributed by atoms with Gasteiger partial charge in [-0.25, -0.2) is 0 Å². The average Bonchev–Trinajstić information content (AvgIpc) is 3.35. The van der Waals surface area contributed by atoms with E-state index in [1.807, 2.05) is 0 Å². The third-order valence-electron chi connectivity index (χ3n) is 5.11. The Labute approximate surface area is 131 Å². The molecule has 3 heteroatoms. The van der Waals surface area contributed by atoms with Gasteiger partial charge in [-0.15, -0.1) is 0 Å². The summed E-state index contributed by atoms with van der Waals surface area (Å²) in [6, 6.07) is 15.3. The van der Waals surface area contributed by atoms with Crippen LogP contribution in [0, 0.1) is 5.92 Å². The van der Waals surface area contributed by atoms with Crippen LogP contribution in [-0.2, 0) is 4.79 Å². The molecule has 0 aromatic heterocycles. The molecule has 3 nitrogen and oxygen atoms in total. The molecule has 1 N–H and O–H groups in total. The molecular weight excluding hydrogens is 272 g/mol. The Morgan fingerprint density at radius 2 is 2.00 bits per heavy atom. The Balaban J connectivity index is 1.57.